The van der Waals surface area contributed by atoms with E-state index in [0.717, 1.165) is 28.6 Å². The first-order valence-corrected chi connectivity index (χ1v) is 10.0. The molecule has 1 heterocycles. The van der Waals surface area contributed by atoms with Crippen molar-refractivity contribution in [2.75, 3.05) is 20.3 Å². The Morgan fingerprint density at radius 3 is 2.34 bits per heavy atom. The van der Waals surface area contributed by atoms with Crippen LogP contribution in [-0.2, 0) is 4.79 Å². The fraction of sp³-hybridized carbons (Fsp3) is 0.238. The van der Waals surface area contributed by atoms with Gasteiger partial charge in [-0.3, -0.25) is 14.9 Å². The van der Waals surface area contributed by atoms with Crippen molar-refractivity contribution in [3.05, 3.63) is 56.9 Å². The van der Waals surface area contributed by atoms with Crippen molar-refractivity contribution in [2.45, 2.75) is 13.8 Å². The minimum absolute atomic E-state index is 0.274. The summed E-state index contributed by atoms with van der Waals surface area (Å²) in [4.78, 5) is 23.3. The zero-order chi connectivity index (χ0) is 21.0. The van der Waals surface area contributed by atoms with Crippen molar-refractivity contribution in [3.8, 4) is 17.2 Å². The molecule has 1 aliphatic heterocycles. The van der Waals surface area contributed by atoms with Gasteiger partial charge in [0.15, 0.2) is 11.5 Å². The number of methoxy groups -OCH3 is 1. The van der Waals surface area contributed by atoms with Crippen molar-refractivity contribution < 1.29 is 23.8 Å². The van der Waals surface area contributed by atoms with Gasteiger partial charge in [-0.25, -0.2) is 0 Å². The van der Waals surface area contributed by atoms with Crippen LogP contribution in [-0.4, -0.2) is 31.5 Å². The summed E-state index contributed by atoms with van der Waals surface area (Å²) in [6.07, 6.45) is 1.58. The van der Waals surface area contributed by atoms with Gasteiger partial charge in [-0.1, -0.05) is 17.7 Å². The molecule has 0 aromatic heterocycles. The maximum absolute atomic E-state index is 11.7. The first kappa shape index (κ1) is 21.1. The third kappa shape index (κ3) is 5.46. The van der Waals surface area contributed by atoms with Gasteiger partial charge in [0.25, 0.3) is 11.1 Å². The minimum atomic E-state index is -0.432. The van der Waals surface area contributed by atoms with Crippen molar-refractivity contribution in [2.24, 2.45) is 0 Å². The first-order valence-electron chi connectivity index (χ1n) is 8.82. The van der Waals surface area contributed by atoms with Crippen molar-refractivity contribution in [1.82, 2.24) is 5.32 Å². The molecular weight excluding hydrogens is 414 g/mol. The maximum Gasteiger partial charge on any atom is 0.290 e. The highest BCUT2D eigenvalue weighted by Gasteiger charge is 2.25. The number of thioether (sulfide) groups is 1. The van der Waals surface area contributed by atoms with E-state index in [-0.39, 0.29) is 6.61 Å². The zero-order valence-corrected chi connectivity index (χ0v) is 17.8. The highest BCUT2D eigenvalue weighted by molar-refractivity contribution is 8.18. The summed E-state index contributed by atoms with van der Waals surface area (Å²) in [6.45, 7) is 4.65. The van der Waals surface area contributed by atoms with E-state index in [0.29, 0.717) is 33.6 Å². The Labute approximate surface area is 178 Å². The number of hydrogen-bond donors (Lipinski definition) is 1. The van der Waals surface area contributed by atoms with Gasteiger partial charge in [-0.05, 0) is 72.6 Å². The van der Waals surface area contributed by atoms with Crippen LogP contribution in [0.15, 0.2) is 35.2 Å². The smallest absolute Gasteiger partial charge is 0.290 e. The van der Waals surface area contributed by atoms with Gasteiger partial charge >= 0.3 is 0 Å². The normalized spacial score (nSPS) is 14.8. The first-order chi connectivity index (χ1) is 13.9. The second kappa shape index (κ2) is 9.24. The summed E-state index contributed by atoms with van der Waals surface area (Å²) >= 11 is 7.19. The Balaban J connectivity index is 1.67. The Kier molecular flexibility index (Phi) is 6.71. The topological polar surface area (TPSA) is 73.9 Å². The monoisotopic (exact) mass is 433 g/mol. The minimum Gasteiger partial charge on any atom is -0.493 e. The van der Waals surface area contributed by atoms with Crippen LogP contribution >= 0.6 is 23.4 Å². The average molecular weight is 434 g/mol. The Hall–Kier alpha value is -2.64. The summed E-state index contributed by atoms with van der Waals surface area (Å²) in [5, 5.41) is 2.14. The van der Waals surface area contributed by atoms with Gasteiger partial charge in [0, 0.05) is 0 Å². The number of nitrogens with one attached hydrogen (secondary N) is 1. The maximum atomic E-state index is 11.7. The molecular formula is C21H20ClNO5S. The molecule has 2 amide bonds. The third-order valence-electron chi connectivity index (χ3n) is 3.99. The molecule has 1 N–H and O–H groups in total. The Morgan fingerprint density at radius 1 is 1.03 bits per heavy atom. The van der Waals surface area contributed by atoms with Gasteiger partial charge < -0.3 is 14.2 Å². The quantitative estimate of drug-likeness (QED) is 0.502. The Morgan fingerprint density at radius 2 is 1.72 bits per heavy atom. The largest absolute Gasteiger partial charge is 0.493 e. The van der Waals surface area contributed by atoms with E-state index in [1.807, 2.05) is 26.0 Å². The average Bonchev–Trinajstić information content (AvgIpc) is 2.95. The molecule has 0 saturated carbocycles. The lowest BCUT2D eigenvalue weighted by atomic mass is 10.1. The van der Waals surface area contributed by atoms with Gasteiger partial charge in [0.2, 0.25) is 0 Å². The zero-order valence-electron chi connectivity index (χ0n) is 16.2. The van der Waals surface area contributed by atoms with E-state index in [1.54, 1.807) is 18.2 Å². The number of ether oxygens (including phenoxy) is 3. The molecule has 8 heteroatoms. The van der Waals surface area contributed by atoms with Crippen molar-refractivity contribution >= 4 is 40.6 Å². The molecule has 152 valence electrons. The van der Waals surface area contributed by atoms with E-state index < -0.39 is 11.1 Å². The summed E-state index contributed by atoms with van der Waals surface area (Å²) in [6, 6.07) is 9.34. The molecule has 6 nitrogen and oxygen atoms in total. The third-order valence-corrected chi connectivity index (χ3v) is 5.08. The molecule has 1 aliphatic rings. The summed E-state index contributed by atoms with van der Waals surface area (Å²) < 4.78 is 16.9. The van der Waals surface area contributed by atoms with Crippen LogP contribution in [0.3, 0.4) is 0 Å². The SMILES string of the molecule is COc1cc(C=C2SC(=O)NC2=O)cc(Cl)c1OCCOc1cc(C)cc(C)c1. The number of carbonyl (C=O) groups is 2. The second-order valence-corrected chi connectivity index (χ2v) is 7.83. The van der Waals surface area contributed by atoms with E-state index in [9.17, 15) is 9.59 Å². The van der Waals surface area contributed by atoms with Gasteiger partial charge in [-0.15, -0.1) is 0 Å². The van der Waals surface area contributed by atoms with E-state index in [4.69, 9.17) is 25.8 Å². The summed E-state index contributed by atoms with van der Waals surface area (Å²) in [7, 11) is 1.50. The van der Waals surface area contributed by atoms with Crippen molar-refractivity contribution in [3.63, 3.8) is 0 Å². The van der Waals surface area contributed by atoms with E-state index in [2.05, 4.69) is 11.4 Å². The second-order valence-electron chi connectivity index (χ2n) is 6.41. The Bertz CT molecular complexity index is 969. The summed E-state index contributed by atoms with van der Waals surface area (Å²) in [5.41, 5.74) is 2.88. The number of aryl methyl sites for hydroxylation is 2. The molecule has 2 aromatic rings. The highest BCUT2D eigenvalue weighted by Crippen LogP contribution is 2.38. The molecule has 0 aliphatic carbocycles. The number of halogens is 1. The van der Waals surface area contributed by atoms with E-state index >= 15 is 0 Å². The molecule has 29 heavy (non-hydrogen) atoms. The van der Waals surface area contributed by atoms with Crippen LogP contribution in [0.2, 0.25) is 5.02 Å². The molecule has 0 spiro atoms. The van der Waals surface area contributed by atoms with Crippen LogP contribution in [0, 0.1) is 13.8 Å². The lowest BCUT2D eigenvalue weighted by Gasteiger charge is -2.14. The lowest BCUT2D eigenvalue weighted by Crippen LogP contribution is -2.17. The van der Waals surface area contributed by atoms with Gasteiger partial charge in [-0.2, -0.15) is 0 Å². The standard InChI is InChI=1S/C21H20ClNO5S/c1-12-6-13(2)8-15(7-12)27-4-5-28-19-16(22)9-14(10-17(19)26-3)11-18-20(24)23-21(25)29-18/h6-11H,4-5H2,1-3H3,(H,23,24,25). The fourth-order valence-corrected chi connectivity index (χ4v) is 3.81. The number of hydrogen-bond acceptors (Lipinski definition) is 6. The molecule has 1 fully saturated rings. The molecule has 0 atom stereocenters. The van der Waals surface area contributed by atoms with Crippen LogP contribution in [0.5, 0.6) is 17.2 Å². The fourth-order valence-electron chi connectivity index (χ4n) is 2.86. The van der Waals surface area contributed by atoms with Gasteiger partial charge in [0.1, 0.15) is 19.0 Å². The molecule has 0 radical (unpaired) electrons. The molecule has 1 saturated heterocycles. The number of amides is 2. The van der Waals surface area contributed by atoms with Gasteiger partial charge in [0.05, 0.1) is 17.0 Å². The highest BCUT2D eigenvalue weighted by atomic mass is 35.5. The molecule has 0 unspecified atom stereocenters. The van der Waals surface area contributed by atoms with Crippen LogP contribution in [0.25, 0.3) is 6.08 Å². The number of imide groups is 1. The van der Waals surface area contributed by atoms with Crippen LogP contribution < -0.4 is 19.5 Å². The summed E-state index contributed by atoms with van der Waals surface area (Å²) in [5.74, 6) is 1.16. The van der Waals surface area contributed by atoms with Crippen LogP contribution in [0.1, 0.15) is 16.7 Å². The van der Waals surface area contributed by atoms with Crippen LogP contribution in [0.4, 0.5) is 4.79 Å². The predicted octanol–water partition coefficient (Wildman–Crippen LogP) is 4.75. The number of rotatable bonds is 7. The number of carbonyl (C=O) groups excluding carboxylic acids is 2. The lowest BCUT2D eigenvalue weighted by molar-refractivity contribution is -0.115. The van der Waals surface area contributed by atoms with E-state index in [1.165, 1.54) is 7.11 Å². The molecule has 0 bridgehead atoms. The predicted molar refractivity (Wildman–Crippen MR) is 114 cm³/mol. The van der Waals surface area contributed by atoms with Crippen molar-refractivity contribution in [1.29, 1.82) is 0 Å². The molecule has 2 aromatic carbocycles. The molecule has 3 rings (SSSR count). The number of benzene rings is 2.